The predicted molar refractivity (Wildman–Crippen MR) is 79.0 cm³/mol. The largest absolute Gasteiger partial charge is 0.354 e. The molecule has 3 heteroatoms. The average Bonchev–Trinajstić information content (AvgIpc) is 2.40. The first-order valence-corrected chi connectivity index (χ1v) is 7.16. The van der Waals surface area contributed by atoms with Crippen molar-refractivity contribution in [2.24, 2.45) is 0 Å². The standard InChI is InChI=1S/C15H27N3/c1-5-11-16-12-14-9-8-10-15(17-14)18(7-3)13(4)6-2/h8-10,13,16H,5-7,11-12H2,1-4H3. The summed E-state index contributed by atoms with van der Waals surface area (Å²) in [5, 5.41) is 3.40. The average molecular weight is 249 g/mol. The topological polar surface area (TPSA) is 28.2 Å². The van der Waals surface area contributed by atoms with Gasteiger partial charge in [0.25, 0.3) is 0 Å². The Morgan fingerprint density at radius 3 is 2.67 bits per heavy atom. The Kier molecular flexibility index (Phi) is 6.73. The maximum Gasteiger partial charge on any atom is 0.129 e. The number of anilines is 1. The molecule has 18 heavy (non-hydrogen) atoms. The molecule has 0 spiro atoms. The molecule has 102 valence electrons. The molecule has 0 fully saturated rings. The molecule has 1 unspecified atom stereocenters. The van der Waals surface area contributed by atoms with Crippen LogP contribution in [0.1, 0.15) is 46.2 Å². The Labute approximate surface area is 112 Å². The van der Waals surface area contributed by atoms with Crippen LogP contribution in [0.2, 0.25) is 0 Å². The van der Waals surface area contributed by atoms with Crippen LogP contribution in [0.25, 0.3) is 0 Å². The zero-order valence-corrected chi connectivity index (χ0v) is 12.2. The summed E-state index contributed by atoms with van der Waals surface area (Å²) in [6.07, 6.45) is 2.31. The lowest BCUT2D eigenvalue weighted by Gasteiger charge is -2.28. The van der Waals surface area contributed by atoms with Crippen LogP contribution in [0.15, 0.2) is 18.2 Å². The zero-order valence-electron chi connectivity index (χ0n) is 12.2. The molecule has 0 saturated heterocycles. The lowest BCUT2D eigenvalue weighted by Crippen LogP contribution is -2.33. The van der Waals surface area contributed by atoms with E-state index >= 15 is 0 Å². The molecule has 1 atom stereocenters. The fourth-order valence-electron chi connectivity index (χ4n) is 2.04. The van der Waals surface area contributed by atoms with Gasteiger partial charge in [-0.1, -0.05) is 19.9 Å². The van der Waals surface area contributed by atoms with Crippen molar-refractivity contribution in [3.8, 4) is 0 Å². The monoisotopic (exact) mass is 249 g/mol. The van der Waals surface area contributed by atoms with E-state index in [4.69, 9.17) is 4.98 Å². The molecule has 3 nitrogen and oxygen atoms in total. The summed E-state index contributed by atoms with van der Waals surface area (Å²) in [4.78, 5) is 7.11. The maximum atomic E-state index is 4.75. The Balaban J connectivity index is 2.73. The summed E-state index contributed by atoms with van der Waals surface area (Å²) >= 11 is 0. The first kappa shape index (κ1) is 15.0. The Morgan fingerprint density at radius 1 is 1.28 bits per heavy atom. The SMILES string of the molecule is CCCNCc1cccc(N(CC)C(C)CC)n1. The minimum atomic E-state index is 0.543. The molecule has 0 aliphatic heterocycles. The van der Waals surface area contributed by atoms with Gasteiger partial charge in [0, 0.05) is 19.1 Å². The van der Waals surface area contributed by atoms with Gasteiger partial charge in [0.2, 0.25) is 0 Å². The second-order valence-electron chi connectivity index (χ2n) is 4.71. The van der Waals surface area contributed by atoms with Crippen molar-refractivity contribution in [2.45, 2.75) is 53.1 Å². The van der Waals surface area contributed by atoms with E-state index in [1.165, 1.54) is 0 Å². The van der Waals surface area contributed by atoms with Crippen LogP contribution in [0.4, 0.5) is 5.82 Å². The van der Waals surface area contributed by atoms with Crippen molar-refractivity contribution < 1.29 is 0 Å². The van der Waals surface area contributed by atoms with Gasteiger partial charge in [-0.05, 0) is 45.4 Å². The lowest BCUT2D eigenvalue weighted by atomic mass is 10.2. The molecule has 1 aromatic heterocycles. The van der Waals surface area contributed by atoms with Crippen molar-refractivity contribution in [1.82, 2.24) is 10.3 Å². The van der Waals surface area contributed by atoms with Crippen LogP contribution >= 0.6 is 0 Å². The molecule has 1 N–H and O–H groups in total. The van der Waals surface area contributed by atoms with E-state index in [-0.39, 0.29) is 0 Å². The Bertz CT molecular complexity index is 338. The predicted octanol–water partition coefficient (Wildman–Crippen LogP) is 3.21. The summed E-state index contributed by atoms with van der Waals surface area (Å²) < 4.78 is 0. The van der Waals surface area contributed by atoms with Crippen molar-refractivity contribution in [2.75, 3.05) is 18.0 Å². The van der Waals surface area contributed by atoms with Gasteiger partial charge in [-0.25, -0.2) is 4.98 Å². The third-order valence-corrected chi connectivity index (χ3v) is 3.28. The van der Waals surface area contributed by atoms with Crippen LogP contribution in [0.5, 0.6) is 0 Å². The molecular weight excluding hydrogens is 222 g/mol. The fraction of sp³-hybridized carbons (Fsp3) is 0.667. The number of nitrogens with one attached hydrogen (secondary N) is 1. The lowest BCUT2D eigenvalue weighted by molar-refractivity contribution is 0.617. The molecule has 1 rings (SSSR count). The summed E-state index contributed by atoms with van der Waals surface area (Å²) in [6.45, 7) is 11.8. The van der Waals surface area contributed by atoms with Crippen LogP contribution < -0.4 is 10.2 Å². The molecule has 0 saturated carbocycles. The molecule has 1 aromatic rings. The number of rotatable bonds is 8. The molecule has 0 radical (unpaired) electrons. The van der Waals surface area contributed by atoms with Crippen LogP contribution in [0, 0.1) is 0 Å². The van der Waals surface area contributed by atoms with Crippen LogP contribution in [0.3, 0.4) is 0 Å². The smallest absolute Gasteiger partial charge is 0.129 e. The van der Waals surface area contributed by atoms with E-state index in [9.17, 15) is 0 Å². The summed E-state index contributed by atoms with van der Waals surface area (Å²) in [6, 6.07) is 6.85. The summed E-state index contributed by atoms with van der Waals surface area (Å²) in [5.41, 5.74) is 1.13. The van der Waals surface area contributed by atoms with Gasteiger partial charge >= 0.3 is 0 Å². The van der Waals surface area contributed by atoms with Crippen LogP contribution in [-0.4, -0.2) is 24.1 Å². The molecular formula is C15H27N3. The van der Waals surface area contributed by atoms with Crippen molar-refractivity contribution in [3.05, 3.63) is 23.9 Å². The van der Waals surface area contributed by atoms with Crippen molar-refractivity contribution in [3.63, 3.8) is 0 Å². The third-order valence-electron chi connectivity index (χ3n) is 3.28. The Morgan fingerprint density at radius 2 is 2.06 bits per heavy atom. The highest BCUT2D eigenvalue weighted by Crippen LogP contribution is 2.16. The minimum Gasteiger partial charge on any atom is -0.354 e. The number of hydrogen-bond acceptors (Lipinski definition) is 3. The van der Waals surface area contributed by atoms with Gasteiger partial charge in [0.15, 0.2) is 0 Å². The van der Waals surface area contributed by atoms with E-state index in [1.54, 1.807) is 0 Å². The molecule has 0 aromatic carbocycles. The van der Waals surface area contributed by atoms with Crippen molar-refractivity contribution >= 4 is 5.82 Å². The van der Waals surface area contributed by atoms with Gasteiger partial charge in [-0.3, -0.25) is 0 Å². The molecule has 0 amide bonds. The highest BCUT2D eigenvalue weighted by molar-refractivity contribution is 5.40. The van der Waals surface area contributed by atoms with Gasteiger partial charge < -0.3 is 10.2 Å². The van der Waals surface area contributed by atoms with Gasteiger partial charge in [-0.2, -0.15) is 0 Å². The van der Waals surface area contributed by atoms with E-state index in [1.807, 2.05) is 0 Å². The number of hydrogen-bond donors (Lipinski definition) is 1. The molecule has 0 aliphatic carbocycles. The molecule has 0 aliphatic rings. The first-order chi connectivity index (χ1) is 8.72. The molecule has 1 heterocycles. The van der Waals surface area contributed by atoms with Gasteiger partial charge in [-0.15, -0.1) is 0 Å². The van der Waals surface area contributed by atoms with E-state index in [2.05, 4.69) is 56.1 Å². The Hall–Kier alpha value is -1.09. The van der Waals surface area contributed by atoms with E-state index < -0.39 is 0 Å². The van der Waals surface area contributed by atoms with Crippen LogP contribution in [-0.2, 0) is 6.54 Å². The highest BCUT2D eigenvalue weighted by Gasteiger charge is 2.12. The maximum absolute atomic E-state index is 4.75. The summed E-state index contributed by atoms with van der Waals surface area (Å²) in [5.74, 6) is 1.10. The quantitative estimate of drug-likeness (QED) is 0.717. The minimum absolute atomic E-state index is 0.543. The van der Waals surface area contributed by atoms with E-state index in [0.29, 0.717) is 6.04 Å². The molecule has 0 bridgehead atoms. The summed E-state index contributed by atoms with van der Waals surface area (Å²) in [7, 11) is 0. The normalized spacial score (nSPS) is 12.4. The second kappa shape index (κ2) is 8.09. The zero-order chi connectivity index (χ0) is 13.4. The number of nitrogens with zero attached hydrogens (tertiary/aromatic N) is 2. The number of aromatic nitrogens is 1. The first-order valence-electron chi connectivity index (χ1n) is 7.16. The number of pyridine rings is 1. The fourth-order valence-corrected chi connectivity index (χ4v) is 2.04. The third kappa shape index (κ3) is 4.30. The highest BCUT2D eigenvalue weighted by atomic mass is 15.2. The van der Waals surface area contributed by atoms with Gasteiger partial charge in [0.1, 0.15) is 5.82 Å². The van der Waals surface area contributed by atoms with Crippen molar-refractivity contribution in [1.29, 1.82) is 0 Å². The second-order valence-corrected chi connectivity index (χ2v) is 4.71. The van der Waals surface area contributed by atoms with E-state index in [0.717, 1.165) is 44.0 Å². The van der Waals surface area contributed by atoms with Gasteiger partial charge in [0.05, 0.1) is 5.69 Å².